The summed E-state index contributed by atoms with van der Waals surface area (Å²) >= 11 is 0. The van der Waals surface area contributed by atoms with Gasteiger partial charge in [0.15, 0.2) is 0 Å². The van der Waals surface area contributed by atoms with Gasteiger partial charge in [0.2, 0.25) is 0 Å². The van der Waals surface area contributed by atoms with E-state index in [0.717, 1.165) is 12.8 Å². The van der Waals surface area contributed by atoms with Crippen LogP contribution in [0.25, 0.3) is 0 Å². The summed E-state index contributed by atoms with van der Waals surface area (Å²) in [7, 11) is 0. The average molecular weight is 196 g/mol. The molecule has 0 saturated heterocycles. The van der Waals surface area contributed by atoms with E-state index >= 15 is 0 Å². The first kappa shape index (κ1) is 12.9. The Kier molecular flexibility index (Phi) is 9.28. The zero-order chi connectivity index (χ0) is 10.6. The van der Waals surface area contributed by atoms with Crippen LogP contribution >= 0.6 is 0 Å². The van der Waals surface area contributed by atoms with Gasteiger partial charge in [-0.25, -0.2) is 4.79 Å². The van der Waals surface area contributed by atoms with Crippen LogP contribution in [0, 0.1) is 0 Å². The molecule has 0 aliphatic heterocycles. The van der Waals surface area contributed by atoms with Gasteiger partial charge in [0.05, 0.1) is 0 Å². The summed E-state index contributed by atoms with van der Waals surface area (Å²) in [5, 5.41) is 8.30. The fourth-order valence-corrected chi connectivity index (χ4v) is 1.15. The Morgan fingerprint density at radius 2 is 1.93 bits per heavy atom. The third-order valence-electron chi connectivity index (χ3n) is 1.92. The SMILES string of the molecule is CCCCCCC=CCC=CC(=O)O. The number of aliphatic carboxylic acids is 1. The van der Waals surface area contributed by atoms with E-state index in [1.54, 1.807) is 6.08 Å². The van der Waals surface area contributed by atoms with Gasteiger partial charge >= 0.3 is 5.97 Å². The Balaban J connectivity index is 3.23. The maximum atomic E-state index is 10.1. The van der Waals surface area contributed by atoms with E-state index in [2.05, 4.69) is 13.0 Å². The van der Waals surface area contributed by atoms with Crippen LogP contribution in [0.3, 0.4) is 0 Å². The number of hydrogen-bond acceptors (Lipinski definition) is 1. The second kappa shape index (κ2) is 10.0. The first-order valence-corrected chi connectivity index (χ1v) is 5.31. The standard InChI is InChI=1S/C12H20O2/c1-2-3-4-5-6-7-8-9-10-11-12(13)14/h7-8,10-11H,2-6,9H2,1H3,(H,13,14). The first-order chi connectivity index (χ1) is 6.77. The predicted octanol–water partition coefficient (Wildman–Crippen LogP) is 3.54. The topological polar surface area (TPSA) is 37.3 Å². The molecule has 0 atom stereocenters. The molecule has 0 rings (SSSR count). The molecular weight excluding hydrogens is 176 g/mol. The van der Waals surface area contributed by atoms with Crippen LogP contribution in [0.2, 0.25) is 0 Å². The summed E-state index contributed by atoms with van der Waals surface area (Å²) in [5.74, 6) is -0.874. The molecule has 0 aliphatic carbocycles. The maximum absolute atomic E-state index is 10.1. The van der Waals surface area contributed by atoms with E-state index in [1.807, 2.05) is 6.08 Å². The van der Waals surface area contributed by atoms with Crippen molar-refractivity contribution in [1.82, 2.24) is 0 Å². The van der Waals surface area contributed by atoms with Crippen molar-refractivity contribution in [2.24, 2.45) is 0 Å². The highest BCUT2D eigenvalue weighted by Crippen LogP contribution is 2.03. The third-order valence-corrected chi connectivity index (χ3v) is 1.92. The number of carboxylic acids is 1. The predicted molar refractivity (Wildman–Crippen MR) is 59.3 cm³/mol. The second-order valence-electron chi connectivity index (χ2n) is 3.30. The minimum absolute atomic E-state index is 0.722. The highest BCUT2D eigenvalue weighted by molar-refractivity contribution is 5.79. The van der Waals surface area contributed by atoms with E-state index in [9.17, 15) is 4.79 Å². The number of unbranched alkanes of at least 4 members (excludes halogenated alkanes) is 4. The average Bonchev–Trinajstić information content (AvgIpc) is 2.15. The molecule has 0 bridgehead atoms. The van der Waals surface area contributed by atoms with Gasteiger partial charge in [-0.1, -0.05) is 44.4 Å². The normalized spacial score (nSPS) is 11.5. The quantitative estimate of drug-likeness (QED) is 0.366. The van der Waals surface area contributed by atoms with E-state index in [0.29, 0.717) is 0 Å². The Morgan fingerprint density at radius 3 is 2.57 bits per heavy atom. The van der Waals surface area contributed by atoms with Crippen LogP contribution in [0.1, 0.15) is 45.4 Å². The highest BCUT2D eigenvalue weighted by Gasteiger charge is 1.84. The Morgan fingerprint density at radius 1 is 1.14 bits per heavy atom. The zero-order valence-electron chi connectivity index (χ0n) is 8.91. The van der Waals surface area contributed by atoms with Gasteiger partial charge in [0, 0.05) is 6.08 Å². The molecule has 80 valence electrons. The van der Waals surface area contributed by atoms with Crippen LogP contribution in [0.5, 0.6) is 0 Å². The highest BCUT2D eigenvalue weighted by atomic mass is 16.4. The first-order valence-electron chi connectivity index (χ1n) is 5.31. The van der Waals surface area contributed by atoms with Crippen molar-refractivity contribution in [3.8, 4) is 0 Å². The number of carbonyl (C=O) groups is 1. The lowest BCUT2D eigenvalue weighted by molar-refractivity contribution is -0.131. The zero-order valence-corrected chi connectivity index (χ0v) is 8.91. The van der Waals surface area contributed by atoms with Gasteiger partial charge in [-0.05, 0) is 19.3 Å². The second-order valence-corrected chi connectivity index (χ2v) is 3.30. The molecule has 0 aromatic carbocycles. The summed E-state index contributed by atoms with van der Waals surface area (Å²) in [6.07, 6.45) is 13.9. The number of hydrogen-bond donors (Lipinski definition) is 1. The molecule has 2 nitrogen and oxygen atoms in total. The minimum atomic E-state index is -0.874. The van der Waals surface area contributed by atoms with Crippen LogP contribution in [-0.2, 0) is 4.79 Å². The molecule has 2 heteroatoms. The van der Waals surface area contributed by atoms with Gasteiger partial charge in [0.25, 0.3) is 0 Å². The summed E-state index contributed by atoms with van der Waals surface area (Å²) in [6.45, 7) is 2.20. The molecule has 1 N–H and O–H groups in total. The lowest BCUT2D eigenvalue weighted by atomic mass is 10.1. The van der Waals surface area contributed by atoms with Crippen LogP contribution < -0.4 is 0 Å². The van der Waals surface area contributed by atoms with Crippen LogP contribution in [0.15, 0.2) is 24.3 Å². The lowest BCUT2D eigenvalue weighted by Gasteiger charge is -1.93. The summed E-state index contributed by atoms with van der Waals surface area (Å²) in [6, 6.07) is 0. The third kappa shape index (κ3) is 11.0. The Bertz CT molecular complexity index is 192. The monoisotopic (exact) mass is 196 g/mol. The molecule has 0 aliphatic rings. The molecule has 0 aromatic rings. The molecular formula is C12H20O2. The largest absolute Gasteiger partial charge is 0.478 e. The van der Waals surface area contributed by atoms with Crippen LogP contribution in [-0.4, -0.2) is 11.1 Å². The molecule has 0 radical (unpaired) electrons. The minimum Gasteiger partial charge on any atom is -0.478 e. The van der Waals surface area contributed by atoms with E-state index in [1.165, 1.54) is 31.8 Å². The van der Waals surface area contributed by atoms with E-state index in [4.69, 9.17) is 5.11 Å². The van der Waals surface area contributed by atoms with Gasteiger partial charge in [-0.2, -0.15) is 0 Å². The molecule has 14 heavy (non-hydrogen) atoms. The van der Waals surface area contributed by atoms with Crippen molar-refractivity contribution >= 4 is 5.97 Å². The van der Waals surface area contributed by atoms with Crippen molar-refractivity contribution in [2.75, 3.05) is 0 Å². The van der Waals surface area contributed by atoms with Crippen LogP contribution in [0.4, 0.5) is 0 Å². The summed E-state index contributed by atoms with van der Waals surface area (Å²) in [5.41, 5.74) is 0. The van der Waals surface area contributed by atoms with Gasteiger partial charge < -0.3 is 5.11 Å². The van der Waals surface area contributed by atoms with Crippen molar-refractivity contribution < 1.29 is 9.90 Å². The number of carboxylic acid groups (broad SMARTS) is 1. The van der Waals surface area contributed by atoms with E-state index < -0.39 is 5.97 Å². The lowest BCUT2D eigenvalue weighted by Crippen LogP contribution is -1.84. The Labute approximate surface area is 86.3 Å². The fraction of sp³-hybridized carbons (Fsp3) is 0.583. The molecule has 0 amide bonds. The Hall–Kier alpha value is -1.05. The summed E-state index contributed by atoms with van der Waals surface area (Å²) < 4.78 is 0. The van der Waals surface area contributed by atoms with E-state index in [-0.39, 0.29) is 0 Å². The molecule has 0 heterocycles. The number of allylic oxidation sites excluding steroid dienone is 3. The molecule has 0 fully saturated rings. The van der Waals surface area contributed by atoms with Gasteiger partial charge in [-0.3, -0.25) is 0 Å². The van der Waals surface area contributed by atoms with Crippen molar-refractivity contribution in [1.29, 1.82) is 0 Å². The van der Waals surface area contributed by atoms with Gasteiger partial charge in [-0.15, -0.1) is 0 Å². The molecule has 0 spiro atoms. The fourth-order valence-electron chi connectivity index (χ4n) is 1.15. The smallest absolute Gasteiger partial charge is 0.327 e. The van der Waals surface area contributed by atoms with Crippen molar-refractivity contribution in [2.45, 2.75) is 45.4 Å². The van der Waals surface area contributed by atoms with Crippen molar-refractivity contribution in [3.63, 3.8) is 0 Å². The molecule has 0 saturated carbocycles. The molecule has 0 unspecified atom stereocenters. The molecule has 0 aromatic heterocycles. The van der Waals surface area contributed by atoms with Crippen molar-refractivity contribution in [3.05, 3.63) is 24.3 Å². The maximum Gasteiger partial charge on any atom is 0.327 e. The summed E-state index contributed by atoms with van der Waals surface area (Å²) in [4.78, 5) is 10.1. The number of rotatable bonds is 8. The van der Waals surface area contributed by atoms with Gasteiger partial charge in [0.1, 0.15) is 0 Å².